The van der Waals surface area contributed by atoms with Crippen molar-refractivity contribution in [3.63, 3.8) is 0 Å². The predicted octanol–water partition coefficient (Wildman–Crippen LogP) is 2.54. The SMILES string of the molecule is Cl.N[C@@H]1CCN(Cc2ccc(Br)c(F)c2)C1. The molecule has 0 amide bonds. The largest absolute Gasteiger partial charge is 0.326 e. The van der Waals surface area contributed by atoms with E-state index in [0.29, 0.717) is 4.47 Å². The maximum Gasteiger partial charge on any atom is 0.137 e. The fourth-order valence-corrected chi connectivity index (χ4v) is 2.15. The van der Waals surface area contributed by atoms with E-state index in [1.54, 1.807) is 12.1 Å². The highest BCUT2D eigenvalue weighted by atomic mass is 79.9. The van der Waals surface area contributed by atoms with Crippen molar-refractivity contribution in [3.05, 3.63) is 34.1 Å². The summed E-state index contributed by atoms with van der Waals surface area (Å²) in [6.45, 7) is 2.72. The summed E-state index contributed by atoms with van der Waals surface area (Å²) in [4.78, 5) is 2.26. The molecule has 1 aromatic carbocycles. The lowest BCUT2D eigenvalue weighted by atomic mass is 10.2. The first-order valence-electron chi connectivity index (χ1n) is 5.07. The number of hydrogen-bond acceptors (Lipinski definition) is 2. The number of nitrogens with two attached hydrogens (primary N) is 1. The van der Waals surface area contributed by atoms with Gasteiger partial charge >= 0.3 is 0 Å². The summed E-state index contributed by atoms with van der Waals surface area (Å²) in [5.74, 6) is -0.198. The van der Waals surface area contributed by atoms with E-state index in [1.165, 1.54) is 0 Å². The summed E-state index contributed by atoms with van der Waals surface area (Å²) in [7, 11) is 0. The van der Waals surface area contributed by atoms with E-state index in [9.17, 15) is 4.39 Å². The highest BCUT2D eigenvalue weighted by Crippen LogP contribution is 2.18. The Kier molecular flexibility index (Phi) is 5.18. The molecular formula is C11H15BrClFN2. The molecule has 1 fully saturated rings. The smallest absolute Gasteiger partial charge is 0.137 e. The zero-order chi connectivity index (χ0) is 10.8. The first-order chi connectivity index (χ1) is 7.15. The molecule has 1 heterocycles. The molecule has 1 aliphatic rings. The second kappa shape index (κ2) is 5.96. The van der Waals surface area contributed by atoms with Crippen LogP contribution in [0.5, 0.6) is 0 Å². The van der Waals surface area contributed by atoms with E-state index >= 15 is 0 Å². The molecule has 5 heteroatoms. The maximum absolute atomic E-state index is 13.2. The molecule has 2 rings (SSSR count). The molecule has 2 N–H and O–H groups in total. The summed E-state index contributed by atoms with van der Waals surface area (Å²) in [6, 6.07) is 5.55. The highest BCUT2D eigenvalue weighted by Gasteiger charge is 2.18. The maximum atomic E-state index is 13.2. The van der Waals surface area contributed by atoms with Gasteiger partial charge in [-0.05, 0) is 40.0 Å². The highest BCUT2D eigenvalue weighted by molar-refractivity contribution is 9.10. The number of halogens is 3. The minimum Gasteiger partial charge on any atom is -0.326 e. The van der Waals surface area contributed by atoms with Crippen LogP contribution in [-0.4, -0.2) is 24.0 Å². The van der Waals surface area contributed by atoms with Gasteiger partial charge in [0.25, 0.3) is 0 Å². The van der Waals surface area contributed by atoms with Crippen LogP contribution in [0, 0.1) is 5.82 Å². The van der Waals surface area contributed by atoms with Gasteiger partial charge in [-0.2, -0.15) is 0 Å². The standard InChI is InChI=1S/C11H14BrFN2.ClH/c12-10-2-1-8(5-11(10)13)6-15-4-3-9(14)7-15;/h1-2,5,9H,3-4,6-7,14H2;1H/t9-;/m1./s1. The van der Waals surface area contributed by atoms with Gasteiger partial charge in [0.1, 0.15) is 5.82 Å². The zero-order valence-corrected chi connectivity index (χ0v) is 11.2. The van der Waals surface area contributed by atoms with Gasteiger partial charge in [0, 0.05) is 25.7 Å². The van der Waals surface area contributed by atoms with Crippen molar-refractivity contribution >= 4 is 28.3 Å². The second-order valence-corrected chi connectivity index (χ2v) is 4.89. The molecule has 0 bridgehead atoms. The van der Waals surface area contributed by atoms with Gasteiger partial charge in [-0.1, -0.05) is 6.07 Å². The lowest BCUT2D eigenvalue weighted by Gasteiger charge is -2.15. The van der Waals surface area contributed by atoms with E-state index in [-0.39, 0.29) is 24.3 Å². The molecule has 0 aliphatic carbocycles. The van der Waals surface area contributed by atoms with Crippen molar-refractivity contribution in [1.29, 1.82) is 0 Å². The zero-order valence-electron chi connectivity index (χ0n) is 8.83. The first kappa shape index (κ1) is 13.9. The minimum absolute atomic E-state index is 0. The molecule has 1 saturated heterocycles. The van der Waals surface area contributed by atoms with Crippen LogP contribution in [0.3, 0.4) is 0 Å². The third-order valence-corrected chi connectivity index (χ3v) is 3.34. The van der Waals surface area contributed by atoms with Crippen LogP contribution >= 0.6 is 28.3 Å². The number of hydrogen-bond donors (Lipinski definition) is 1. The van der Waals surface area contributed by atoms with Crippen molar-refractivity contribution in [2.45, 2.75) is 19.0 Å². The Labute approximate surface area is 110 Å². The van der Waals surface area contributed by atoms with Gasteiger partial charge in [0.15, 0.2) is 0 Å². The summed E-state index contributed by atoms with van der Waals surface area (Å²) in [5, 5.41) is 0. The van der Waals surface area contributed by atoms with Crippen molar-refractivity contribution < 1.29 is 4.39 Å². The molecule has 1 atom stereocenters. The molecule has 0 radical (unpaired) electrons. The lowest BCUT2D eigenvalue weighted by molar-refractivity contribution is 0.326. The molecule has 1 aromatic rings. The Hall–Kier alpha value is -0.160. The average molecular weight is 310 g/mol. The third kappa shape index (κ3) is 3.42. The molecule has 0 saturated carbocycles. The quantitative estimate of drug-likeness (QED) is 0.910. The van der Waals surface area contributed by atoms with E-state index in [2.05, 4.69) is 20.8 Å². The minimum atomic E-state index is -0.198. The van der Waals surface area contributed by atoms with E-state index in [0.717, 1.165) is 31.6 Å². The fourth-order valence-electron chi connectivity index (χ4n) is 1.90. The van der Waals surface area contributed by atoms with Crippen LogP contribution in [0.1, 0.15) is 12.0 Å². The number of likely N-dealkylation sites (tertiary alicyclic amines) is 1. The van der Waals surface area contributed by atoms with Gasteiger partial charge in [0.2, 0.25) is 0 Å². The van der Waals surface area contributed by atoms with Crippen LogP contribution in [0.4, 0.5) is 4.39 Å². The summed E-state index contributed by atoms with van der Waals surface area (Å²) < 4.78 is 13.8. The van der Waals surface area contributed by atoms with Gasteiger partial charge in [-0.25, -0.2) is 4.39 Å². The van der Waals surface area contributed by atoms with Crippen LogP contribution in [0.15, 0.2) is 22.7 Å². The van der Waals surface area contributed by atoms with E-state index in [4.69, 9.17) is 5.73 Å². The van der Waals surface area contributed by atoms with Gasteiger partial charge < -0.3 is 5.73 Å². The molecule has 0 unspecified atom stereocenters. The molecular weight excluding hydrogens is 294 g/mol. The van der Waals surface area contributed by atoms with Crippen LogP contribution < -0.4 is 5.73 Å². The van der Waals surface area contributed by atoms with Crippen molar-refractivity contribution in [2.24, 2.45) is 5.73 Å². The Bertz CT molecular complexity index is 362. The lowest BCUT2D eigenvalue weighted by Crippen LogP contribution is -2.26. The summed E-state index contributed by atoms with van der Waals surface area (Å²) >= 11 is 3.14. The summed E-state index contributed by atoms with van der Waals surface area (Å²) in [6.07, 6.45) is 1.04. The van der Waals surface area contributed by atoms with E-state index in [1.807, 2.05) is 6.07 Å². The molecule has 2 nitrogen and oxygen atoms in total. The van der Waals surface area contributed by atoms with E-state index < -0.39 is 0 Å². The Morgan fingerprint density at radius 3 is 2.81 bits per heavy atom. The van der Waals surface area contributed by atoms with Crippen LogP contribution in [-0.2, 0) is 6.54 Å². The number of benzene rings is 1. The number of rotatable bonds is 2. The molecule has 16 heavy (non-hydrogen) atoms. The third-order valence-electron chi connectivity index (χ3n) is 2.70. The first-order valence-corrected chi connectivity index (χ1v) is 5.86. The average Bonchev–Trinajstić information content (AvgIpc) is 2.58. The predicted molar refractivity (Wildman–Crippen MR) is 69.2 cm³/mol. The van der Waals surface area contributed by atoms with Crippen molar-refractivity contribution in [2.75, 3.05) is 13.1 Å². The Morgan fingerprint density at radius 1 is 1.50 bits per heavy atom. The molecule has 90 valence electrons. The normalized spacial score (nSPS) is 20.8. The number of nitrogens with zero attached hydrogens (tertiary/aromatic N) is 1. The molecule has 0 spiro atoms. The Balaban J connectivity index is 0.00000128. The Morgan fingerprint density at radius 2 is 2.25 bits per heavy atom. The van der Waals surface area contributed by atoms with Crippen molar-refractivity contribution in [3.8, 4) is 0 Å². The molecule has 1 aliphatic heterocycles. The summed E-state index contributed by atoms with van der Waals surface area (Å²) in [5.41, 5.74) is 6.81. The fraction of sp³-hybridized carbons (Fsp3) is 0.455. The van der Waals surface area contributed by atoms with Gasteiger partial charge in [0.05, 0.1) is 4.47 Å². The van der Waals surface area contributed by atoms with Gasteiger partial charge in [-0.15, -0.1) is 12.4 Å². The molecule has 0 aromatic heterocycles. The second-order valence-electron chi connectivity index (χ2n) is 4.03. The monoisotopic (exact) mass is 308 g/mol. The van der Waals surface area contributed by atoms with Crippen LogP contribution in [0.25, 0.3) is 0 Å². The topological polar surface area (TPSA) is 29.3 Å². The van der Waals surface area contributed by atoms with Crippen LogP contribution in [0.2, 0.25) is 0 Å². The van der Waals surface area contributed by atoms with Gasteiger partial charge in [-0.3, -0.25) is 4.90 Å². The van der Waals surface area contributed by atoms with Crippen molar-refractivity contribution in [1.82, 2.24) is 4.90 Å².